The number of amides is 3. The molecule has 17 nitrogen and oxygen atoms in total. The molecule has 0 fully saturated rings. The number of allylic oxidation sites excluding steroid dienone is 2. The standard InChI is InChI=1S/C47H52N10O7/c1-10-56-38(19-28(5)51-56)44(59)49-43-34(41-37(53(43)7)22-32(42(48)58)23-40(41)64-25-30-12-15-33(63-9)16-13-30)18-26(3)27(4)24-55-35-17-14-31(46(61)62)21-36(35)54(8)47(55)50-45(60)39-20-29(6)52-57(39)11-2/h12-17,19-23,34H,10-11,18,24-25H2,1-9H3,(H2,48,58)(H,61,62)/b27-26+,49-43?,50-47?. The molecule has 4 heterocycles. The van der Waals surface area contributed by atoms with Crippen LogP contribution in [0.5, 0.6) is 11.5 Å². The Morgan fingerprint density at radius 3 is 2.00 bits per heavy atom. The van der Waals surface area contributed by atoms with Gasteiger partial charge in [-0.2, -0.15) is 20.2 Å². The van der Waals surface area contributed by atoms with Crippen LogP contribution in [0.2, 0.25) is 0 Å². The second-order valence-electron chi connectivity index (χ2n) is 15.9. The van der Waals surface area contributed by atoms with Gasteiger partial charge in [-0.1, -0.05) is 23.3 Å². The minimum Gasteiger partial charge on any atom is -0.497 e. The van der Waals surface area contributed by atoms with E-state index >= 15 is 0 Å². The number of benzene rings is 3. The fourth-order valence-electron chi connectivity index (χ4n) is 8.14. The van der Waals surface area contributed by atoms with Crippen molar-refractivity contribution in [3.63, 3.8) is 0 Å². The molecule has 0 saturated carbocycles. The lowest BCUT2D eigenvalue weighted by Gasteiger charge is -2.19. The number of likely N-dealkylation sites (N-methyl/N-ethyl adjacent to an activating group) is 1. The van der Waals surface area contributed by atoms with Gasteiger partial charge in [0.2, 0.25) is 11.5 Å². The number of nitrogens with zero attached hydrogens (tertiary/aromatic N) is 9. The number of amidine groups is 1. The van der Waals surface area contributed by atoms with Crippen molar-refractivity contribution in [2.75, 3.05) is 19.1 Å². The Bertz CT molecular complexity index is 2980. The van der Waals surface area contributed by atoms with E-state index in [1.54, 1.807) is 76.4 Å². The summed E-state index contributed by atoms with van der Waals surface area (Å²) in [5, 5.41) is 18.8. The number of aromatic nitrogens is 6. The Labute approximate surface area is 369 Å². The number of carbonyl (C=O) groups excluding carboxylic acids is 3. The van der Waals surface area contributed by atoms with Crippen LogP contribution in [-0.4, -0.2) is 77.5 Å². The average Bonchev–Trinajstić information content (AvgIpc) is 4.00. The minimum absolute atomic E-state index is 0.0910. The number of hydrogen-bond donors (Lipinski definition) is 2. The number of methoxy groups -OCH3 is 1. The van der Waals surface area contributed by atoms with Gasteiger partial charge >= 0.3 is 5.97 Å². The van der Waals surface area contributed by atoms with Crippen molar-refractivity contribution >= 4 is 46.2 Å². The van der Waals surface area contributed by atoms with Crippen molar-refractivity contribution in [1.29, 1.82) is 0 Å². The van der Waals surface area contributed by atoms with E-state index in [4.69, 9.17) is 20.2 Å². The summed E-state index contributed by atoms with van der Waals surface area (Å²) in [6.45, 7) is 12.8. The van der Waals surface area contributed by atoms with Gasteiger partial charge in [0.1, 0.15) is 35.3 Å². The Morgan fingerprint density at radius 1 is 0.797 bits per heavy atom. The number of carboxylic acid groups (broad SMARTS) is 1. The summed E-state index contributed by atoms with van der Waals surface area (Å²) in [6, 6.07) is 19.0. The van der Waals surface area contributed by atoms with Crippen LogP contribution in [0.15, 0.2) is 87.9 Å². The Kier molecular flexibility index (Phi) is 12.5. The van der Waals surface area contributed by atoms with Crippen molar-refractivity contribution in [1.82, 2.24) is 28.7 Å². The zero-order chi connectivity index (χ0) is 46.1. The second kappa shape index (κ2) is 18.0. The lowest BCUT2D eigenvalue weighted by molar-refractivity contribution is 0.0696. The molecule has 17 heteroatoms. The molecule has 0 spiro atoms. The van der Waals surface area contributed by atoms with Crippen LogP contribution >= 0.6 is 0 Å². The highest BCUT2D eigenvalue weighted by molar-refractivity contribution is 6.15. The van der Waals surface area contributed by atoms with Crippen molar-refractivity contribution in [2.24, 2.45) is 22.8 Å². The van der Waals surface area contributed by atoms with Crippen LogP contribution in [-0.2, 0) is 33.3 Å². The maximum atomic E-state index is 14.1. The van der Waals surface area contributed by atoms with Gasteiger partial charge in [0.15, 0.2) is 0 Å². The minimum atomic E-state index is -1.08. The molecule has 1 aliphatic heterocycles. The Balaban J connectivity index is 1.35. The molecular weight excluding hydrogens is 817 g/mol. The summed E-state index contributed by atoms with van der Waals surface area (Å²) in [6.07, 6.45) is 0.366. The number of anilines is 1. The zero-order valence-electron chi connectivity index (χ0n) is 37.5. The highest BCUT2D eigenvalue weighted by Gasteiger charge is 2.38. The smallest absolute Gasteiger partial charge is 0.335 e. The van der Waals surface area contributed by atoms with Crippen molar-refractivity contribution < 1.29 is 33.8 Å². The molecule has 332 valence electrons. The average molecular weight is 869 g/mol. The fraction of sp³-hybridized carbons (Fsp3) is 0.319. The van der Waals surface area contributed by atoms with Gasteiger partial charge in [-0.25, -0.2) is 4.79 Å². The first-order chi connectivity index (χ1) is 30.5. The first kappa shape index (κ1) is 44.5. The predicted molar refractivity (Wildman–Crippen MR) is 241 cm³/mol. The van der Waals surface area contributed by atoms with E-state index in [1.165, 1.54) is 6.07 Å². The number of aromatic carboxylic acids is 1. The van der Waals surface area contributed by atoms with Gasteiger partial charge in [-0.05, 0) is 108 Å². The molecule has 0 aliphatic carbocycles. The number of aryl methyl sites for hydroxylation is 5. The quantitative estimate of drug-likeness (QED) is 0.116. The number of primary amides is 1. The predicted octanol–water partition coefficient (Wildman–Crippen LogP) is 6.35. The maximum absolute atomic E-state index is 14.1. The Hall–Kier alpha value is -7.56. The van der Waals surface area contributed by atoms with Crippen molar-refractivity contribution in [2.45, 2.75) is 80.1 Å². The largest absolute Gasteiger partial charge is 0.497 e. The molecule has 0 radical (unpaired) electrons. The maximum Gasteiger partial charge on any atom is 0.335 e. The van der Waals surface area contributed by atoms with Crippen molar-refractivity contribution in [3.05, 3.63) is 129 Å². The van der Waals surface area contributed by atoms with E-state index in [0.717, 1.165) is 22.3 Å². The summed E-state index contributed by atoms with van der Waals surface area (Å²) in [4.78, 5) is 64.0. The molecule has 64 heavy (non-hydrogen) atoms. The third-order valence-electron chi connectivity index (χ3n) is 11.6. The molecule has 1 aliphatic rings. The summed E-state index contributed by atoms with van der Waals surface area (Å²) < 4.78 is 18.7. The van der Waals surface area contributed by atoms with Crippen LogP contribution in [0.25, 0.3) is 11.0 Å². The number of carboxylic acids is 1. The molecule has 3 N–H and O–H groups in total. The lowest BCUT2D eigenvalue weighted by Crippen LogP contribution is -2.28. The molecule has 3 amide bonds. The van der Waals surface area contributed by atoms with Crippen LogP contribution in [0.1, 0.15) is 104 Å². The topological polar surface area (TPSA) is 206 Å². The third-order valence-corrected chi connectivity index (χ3v) is 11.6. The summed E-state index contributed by atoms with van der Waals surface area (Å²) in [7, 11) is 5.14. The number of carbonyl (C=O) groups is 4. The van der Waals surface area contributed by atoms with E-state index in [0.29, 0.717) is 82.0 Å². The SMILES string of the molecule is CCn1nc(C)cc1C(=O)N=C1C(C/C(C)=C(\C)Cn2c(=NC(=O)c3cc(C)nn3CC)n(C)c3cc(C(=O)O)ccc32)c2c(OCc3ccc(OC)cc3)cc(C(N)=O)cc2N1C. The zero-order valence-corrected chi connectivity index (χ0v) is 37.5. The molecular formula is C47H52N10O7. The Morgan fingerprint density at radius 2 is 1.42 bits per heavy atom. The third kappa shape index (κ3) is 8.60. The first-order valence-corrected chi connectivity index (χ1v) is 20.9. The van der Waals surface area contributed by atoms with Gasteiger partial charge in [-0.15, -0.1) is 0 Å². The van der Waals surface area contributed by atoms with Crippen LogP contribution < -0.4 is 25.7 Å². The molecule has 3 aromatic carbocycles. The van der Waals surface area contributed by atoms with E-state index in [2.05, 4.69) is 15.2 Å². The van der Waals surface area contributed by atoms with Gasteiger partial charge in [-0.3, -0.25) is 23.7 Å². The molecule has 0 saturated heterocycles. The summed E-state index contributed by atoms with van der Waals surface area (Å²) >= 11 is 0. The number of aliphatic imine (C=N–C) groups is 1. The number of ether oxygens (including phenoxy) is 2. The summed E-state index contributed by atoms with van der Waals surface area (Å²) in [5.74, 6) is -1.68. The van der Waals surface area contributed by atoms with Crippen LogP contribution in [0.3, 0.4) is 0 Å². The molecule has 3 aromatic heterocycles. The molecule has 1 atom stereocenters. The van der Waals surface area contributed by atoms with E-state index in [1.807, 2.05) is 70.4 Å². The monoisotopic (exact) mass is 868 g/mol. The number of imidazole rings is 1. The lowest BCUT2D eigenvalue weighted by atomic mass is 9.90. The molecule has 0 bridgehead atoms. The van der Waals surface area contributed by atoms with Gasteiger partial charge in [0.25, 0.3) is 11.8 Å². The number of hydrogen-bond acceptors (Lipinski definition) is 8. The number of fused-ring (bicyclic) bond motifs is 2. The normalized spacial score (nSPS) is 14.9. The molecule has 7 rings (SSSR count). The van der Waals surface area contributed by atoms with Crippen LogP contribution in [0, 0.1) is 13.8 Å². The first-order valence-electron chi connectivity index (χ1n) is 20.9. The highest BCUT2D eigenvalue weighted by atomic mass is 16.5. The summed E-state index contributed by atoms with van der Waals surface area (Å²) in [5.41, 5.74) is 13.8. The highest BCUT2D eigenvalue weighted by Crippen LogP contribution is 2.47. The number of rotatable bonds is 14. The second-order valence-corrected chi connectivity index (χ2v) is 15.9. The molecule has 1 unspecified atom stereocenters. The molecule has 6 aromatic rings. The van der Waals surface area contributed by atoms with Gasteiger partial charge in [0, 0.05) is 44.9 Å². The van der Waals surface area contributed by atoms with E-state index in [9.17, 15) is 24.3 Å². The van der Waals surface area contributed by atoms with E-state index in [-0.39, 0.29) is 24.3 Å². The van der Waals surface area contributed by atoms with Gasteiger partial charge < -0.3 is 34.3 Å². The number of nitrogens with two attached hydrogens (primary N) is 1. The van der Waals surface area contributed by atoms with Crippen LogP contribution in [0.4, 0.5) is 5.69 Å². The van der Waals surface area contributed by atoms with Crippen molar-refractivity contribution in [3.8, 4) is 11.5 Å². The fourth-order valence-corrected chi connectivity index (χ4v) is 8.14. The van der Waals surface area contributed by atoms with E-state index < -0.39 is 29.6 Å². The van der Waals surface area contributed by atoms with Gasteiger partial charge in [0.05, 0.1) is 46.7 Å².